The zero-order chi connectivity index (χ0) is 56.6. The van der Waals surface area contributed by atoms with Crippen LogP contribution in [0.2, 0.25) is 0 Å². The Bertz CT molecular complexity index is 3690. The van der Waals surface area contributed by atoms with Gasteiger partial charge in [0.25, 0.3) is 0 Å². The lowest BCUT2D eigenvalue weighted by atomic mass is 9.30. The van der Waals surface area contributed by atoms with Crippen LogP contribution in [0.25, 0.3) is 16.6 Å². The van der Waals surface area contributed by atoms with E-state index in [9.17, 15) is 0 Å². The van der Waals surface area contributed by atoms with E-state index in [0.717, 1.165) is 6.42 Å². The molecule has 0 saturated heterocycles. The monoisotopic (exact) mass is 1050 g/mol. The Kier molecular flexibility index (Phi) is 11.7. The summed E-state index contributed by atoms with van der Waals surface area (Å²) in [7, 11) is 0. The fourth-order valence-electron chi connectivity index (χ4n) is 17.1. The number of anilines is 3. The van der Waals surface area contributed by atoms with Crippen LogP contribution in [-0.2, 0) is 44.3 Å². The fourth-order valence-corrected chi connectivity index (χ4v) is 17.1. The maximum absolute atomic E-state index is 2.79. The Morgan fingerprint density at radius 3 is 1.70 bits per heavy atom. The first kappa shape index (κ1) is 53.5. The molecule has 4 aliphatic carbocycles. The van der Waals surface area contributed by atoms with E-state index < -0.39 is 0 Å². The van der Waals surface area contributed by atoms with E-state index in [1.165, 1.54) is 106 Å². The number of hydrogen-bond acceptors (Lipinski definition) is 1. The normalized spacial score (nSPS) is 23.8. The molecule has 2 heteroatoms. The summed E-state index contributed by atoms with van der Waals surface area (Å²) < 4.78 is 0. The first-order valence-electron chi connectivity index (χ1n) is 31.0. The quantitative estimate of drug-likeness (QED) is 0.155. The number of hydrogen-bond donors (Lipinski definition) is 0. The van der Waals surface area contributed by atoms with E-state index in [2.05, 4.69) is 262 Å². The molecule has 4 bridgehead atoms. The summed E-state index contributed by atoms with van der Waals surface area (Å²) in [5.74, 6) is 0.367. The molecule has 80 heavy (non-hydrogen) atoms. The fraction of sp³-hybridized carbons (Fsp3) is 0.436. The zero-order valence-electron chi connectivity index (χ0n) is 51.9. The molecule has 1 fully saturated rings. The molecule has 4 atom stereocenters. The van der Waals surface area contributed by atoms with Gasteiger partial charge < -0.3 is 4.90 Å². The van der Waals surface area contributed by atoms with Gasteiger partial charge in [-0.15, -0.1) is 0 Å². The van der Waals surface area contributed by atoms with Crippen LogP contribution in [0.3, 0.4) is 0 Å². The van der Waals surface area contributed by atoms with Gasteiger partial charge in [0.1, 0.15) is 0 Å². The molecule has 0 spiro atoms. The smallest absolute Gasteiger partial charge is 0.243 e. The van der Waals surface area contributed by atoms with Gasteiger partial charge in [-0.25, -0.2) is 0 Å². The summed E-state index contributed by atoms with van der Waals surface area (Å²) in [5, 5.41) is 0. The first-order valence-corrected chi connectivity index (χ1v) is 31.0. The van der Waals surface area contributed by atoms with Crippen molar-refractivity contribution in [1.82, 2.24) is 0 Å². The van der Waals surface area contributed by atoms with Crippen molar-refractivity contribution >= 4 is 40.2 Å². The minimum atomic E-state index is -0.256. The third kappa shape index (κ3) is 7.89. The minimum Gasteiger partial charge on any atom is -0.310 e. The van der Waals surface area contributed by atoms with Gasteiger partial charge in [-0.05, 0) is 190 Å². The average molecular weight is 1050 g/mol. The van der Waals surface area contributed by atoms with Crippen molar-refractivity contribution in [3.8, 4) is 11.1 Å². The number of benzene rings is 7. The van der Waals surface area contributed by atoms with Crippen LogP contribution in [0.4, 0.5) is 17.1 Å². The maximum Gasteiger partial charge on any atom is 0.243 e. The molecule has 7 aromatic rings. The van der Waals surface area contributed by atoms with Crippen molar-refractivity contribution in [3.05, 3.63) is 212 Å². The number of allylic oxidation sites excluding steroid dienone is 1. The third-order valence-corrected chi connectivity index (χ3v) is 22.4. The van der Waals surface area contributed by atoms with Gasteiger partial charge in [-0.3, -0.25) is 0 Å². The molecular formula is C78H90BN. The lowest BCUT2D eigenvalue weighted by Gasteiger charge is -2.59. The van der Waals surface area contributed by atoms with E-state index in [1.54, 1.807) is 49.8 Å². The zero-order valence-corrected chi connectivity index (χ0v) is 51.9. The van der Waals surface area contributed by atoms with Crippen LogP contribution < -0.4 is 15.8 Å². The molecule has 1 nitrogen and oxygen atoms in total. The van der Waals surface area contributed by atoms with Crippen molar-refractivity contribution < 1.29 is 0 Å². The molecule has 4 unspecified atom stereocenters. The van der Waals surface area contributed by atoms with E-state index in [-0.39, 0.29) is 56.0 Å². The van der Waals surface area contributed by atoms with Crippen LogP contribution in [0.1, 0.15) is 235 Å². The SMILES string of the molecule is CC(C)(C)c1ccc(C2C3=C(B4c5cc(C(C)(C)C)cc6c5CC(c5cc(N(c7ccc(C(C)(C)C)cc7)c7cccc(-c8ccccc8)c7)cc2c54)C2(C)CCCCC62C)c2cc4c(cc2C3(C)C)C(C)(C)CCC4(C)C)cc1. The van der Waals surface area contributed by atoms with Gasteiger partial charge in [-0.2, -0.15) is 0 Å². The van der Waals surface area contributed by atoms with Crippen LogP contribution >= 0.6 is 0 Å². The molecule has 0 amide bonds. The summed E-state index contributed by atoms with van der Waals surface area (Å²) >= 11 is 0. The van der Waals surface area contributed by atoms with E-state index in [0.29, 0.717) is 5.92 Å². The highest BCUT2D eigenvalue weighted by Crippen LogP contribution is 2.66. The van der Waals surface area contributed by atoms with Gasteiger partial charge in [-0.1, -0.05) is 256 Å². The second kappa shape index (κ2) is 17.6. The standard InChI is InChI=1S/C78H90BN/c1-71(2,3)51-30-28-49(29-31-51)67-60-44-56(80(54-34-32-52(33-35-54)72(4,5)6)55-27-23-26-50(40-55)48-24-19-18-20-25-48)43-58-63-45-57-62(77(16)36-21-22-37-78(63,77)17)41-53(73(7,8)9)42-66(57)79(69(58)60)70-59-46-64-65(47-61(59)76(14,15)68(67)70)75(12,13)39-38-74(64,10)11/h18-20,23-35,40-44,46-47,63,67H,21-22,36-39,45H2,1-17H3. The molecule has 0 aromatic heterocycles. The Balaban J connectivity index is 1.19. The topological polar surface area (TPSA) is 3.24 Å². The Hall–Kier alpha value is -5.86. The van der Waals surface area contributed by atoms with Gasteiger partial charge in [0, 0.05) is 28.4 Å². The van der Waals surface area contributed by atoms with Gasteiger partial charge >= 0.3 is 0 Å². The molecule has 0 radical (unpaired) electrons. The molecule has 410 valence electrons. The summed E-state index contributed by atoms with van der Waals surface area (Å²) in [6.07, 6.45) is 8.52. The second-order valence-corrected chi connectivity index (χ2v) is 31.5. The Morgan fingerprint density at radius 2 is 1.06 bits per heavy atom. The summed E-state index contributed by atoms with van der Waals surface area (Å²) in [5.41, 5.74) is 30.9. The third-order valence-electron chi connectivity index (χ3n) is 22.4. The molecular weight excluding hydrogens is 962 g/mol. The highest BCUT2D eigenvalue weighted by atomic mass is 15.1. The van der Waals surface area contributed by atoms with E-state index in [4.69, 9.17) is 0 Å². The molecule has 6 aliphatic rings. The predicted molar refractivity (Wildman–Crippen MR) is 344 cm³/mol. The second-order valence-electron chi connectivity index (χ2n) is 31.5. The van der Waals surface area contributed by atoms with E-state index in [1.807, 2.05) is 0 Å². The summed E-state index contributed by atoms with van der Waals surface area (Å²) in [4.78, 5) is 2.65. The highest BCUT2D eigenvalue weighted by Gasteiger charge is 2.61. The maximum atomic E-state index is 2.79. The highest BCUT2D eigenvalue weighted by molar-refractivity contribution is 7.01. The van der Waals surface area contributed by atoms with Crippen molar-refractivity contribution in [3.63, 3.8) is 0 Å². The van der Waals surface area contributed by atoms with Crippen molar-refractivity contribution in [2.45, 2.75) is 212 Å². The Morgan fingerprint density at radius 1 is 0.475 bits per heavy atom. The van der Waals surface area contributed by atoms with Gasteiger partial charge in [0.05, 0.1) is 0 Å². The lowest BCUT2D eigenvalue weighted by Crippen LogP contribution is -2.52. The largest absolute Gasteiger partial charge is 0.310 e. The van der Waals surface area contributed by atoms with Crippen molar-refractivity contribution in [2.24, 2.45) is 5.41 Å². The van der Waals surface area contributed by atoms with Gasteiger partial charge in [0.2, 0.25) is 6.71 Å². The average Bonchev–Trinajstić information content (AvgIpc) is 1.67. The molecule has 2 heterocycles. The lowest BCUT2D eigenvalue weighted by molar-refractivity contribution is 0.0440. The molecule has 13 rings (SSSR count). The summed E-state index contributed by atoms with van der Waals surface area (Å²) in [6, 6.07) is 56.6. The molecule has 1 saturated carbocycles. The molecule has 0 N–H and O–H groups in total. The van der Waals surface area contributed by atoms with Crippen molar-refractivity contribution in [1.29, 1.82) is 0 Å². The number of nitrogens with zero attached hydrogens (tertiary/aromatic N) is 1. The van der Waals surface area contributed by atoms with Gasteiger partial charge in [0.15, 0.2) is 0 Å². The summed E-state index contributed by atoms with van der Waals surface area (Å²) in [6.45, 7) is 42.5. The van der Waals surface area contributed by atoms with Crippen LogP contribution in [-0.4, -0.2) is 6.71 Å². The van der Waals surface area contributed by atoms with Crippen LogP contribution in [0.15, 0.2) is 145 Å². The van der Waals surface area contributed by atoms with Crippen LogP contribution in [0.5, 0.6) is 0 Å². The molecule has 7 aromatic carbocycles. The minimum absolute atomic E-state index is 0.0172. The number of rotatable bonds is 5. The Labute approximate surface area is 483 Å². The number of fused-ring (bicyclic) bond motifs is 6. The predicted octanol–water partition coefficient (Wildman–Crippen LogP) is 19.6. The molecule has 2 aliphatic heterocycles. The first-order chi connectivity index (χ1) is 37.5. The van der Waals surface area contributed by atoms with E-state index >= 15 is 0 Å². The van der Waals surface area contributed by atoms with Crippen LogP contribution in [0, 0.1) is 5.41 Å². The van der Waals surface area contributed by atoms with Crippen molar-refractivity contribution in [2.75, 3.05) is 4.90 Å².